The Morgan fingerprint density at radius 1 is 1.18 bits per heavy atom. The van der Waals surface area contributed by atoms with E-state index in [0.717, 1.165) is 38.6 Å². The Balaban J connectivity index is 1.54. The molecule has 0 aromatic carbocycles. The molecule has 0 spiro atoms. The fraction of sp³-hybridized carbons (Fsp3) is 0.833. The topological polar surface area (TPSA) is 49.4 Å². The molecule has 2 unspecified atom stereocenters. The largest absolute Gasteiger partial charge is 0.356 e. The predicted molar refractivity (Wildman–Crippen MR) is 111 cm³/mol. The van der Waals surface area contributed by atoms with Crippen LogP contribution in [0.4, 0.5) is 0 Å². The number of carbonyl (C=O) groups excluding carboxylic acids is 2. The molecule has 4 nitrogen and oxygen atoms in total. The lowest BCUT2D eigenvalue weighted by atomic mass is 9.47. The van der Waals surface area contributed by atoms with Crippen molar-refractivity contribution < 1.29 is 9.59 Å². The molecular formula is C24H38N2O2. The number of hydrogen-bond acceptors (Lipinski definition) is 2. The van der Waals surface area contributed by atoms with E-state index in [9.17, 15) is 9.59 Å². The van der Waals surface area contributed by atoms with Crippen LogP contribution in [0.2, 0.25) is 0 Å². The third-order valence-corrected chi connectivity index (χ3v) is 9.27. The molecule has 156 valence electrons. The van der Waals surface area contributed by atoms with Crippen molar-refractivity contribution in [1.82, 2.24) is 10.2 Å². The van der Waals surface area contributed by atoms with Crippen LogP contribution < -0.4 is 5.32 Å². The Labute approximate surface area is 170 Å². The highest BCUT2D eigenvalue weighted by molar-refractivity contribution is 5.89. The van der Waals surface area contributed by atoms with Crippen LogP contribution in [0.5, 0.6) is 0 Å². The Morgan fingerprint density at radius 2 is 1.96 bits per heavy atom. The second-order valence-corrected chi connectivity index (χ2v) is 10.4. The van der Waals surface area contributed by atoms with E-state index >= 15 is 0 Å². The van der Waals surface area contributed by atoms with Crippen LogP contribution in [0.15, 0.2) is 12.2 Å². The molecule has 3 fully saturated rings. The molecule has 1 N–H and O–H groups in total. The standard InChI is InChI=1S/C24H38N2O2/c1-5-6-15-25-22(28)19-9-8-17-16-7-10-20-24(3,14-12-21(27)26(20)4)18(16)11-13-23(17,19)2/h12,14,16-20H,5-11,13,15H2,1-4H3,(H,25,28)/t16-,17-,18+,19?,20?,23-,24+/m0/s1. The van der Waals surface area contributed by atoms with Gasteiger partial charge in [0, 0.05) is 31.0 Å². The third kappa shape index (κ3) is 2.85. The van der Waals surface area contributed by atoms with Crippen molar-refractivity contribution in [3.8, 4) is 0 Å². The number of unbranched alkanes of at least 4 members (excludes halogenated alkanes) is 1. The first kappa shape index (κ1) is 20.0. The lowest BCUT2D eigenvalue weighted by Crippen LogP contribution is -2.59. The summed E-state index contributed by atoms with van der Waals surface area (Å²) >= 11 is 0. The fourth-order valence-electron chi connectivity index (χ4n) is 7.68. The van der Waals surface area contributed by atoms with Crippen molar-refractivity contribution in [1.29, 1.82) is 0 Å². The fourth-order valence-corrected chi connectivity index (χ4v) is 7.68. The monoisotopic (exact) mass is 386 g/mol. The molecule has 3 aliphatic carbocycles. The summed E-state index contributed by atoms with van der Waals surface area (Å²) < 4.78 is 0. The first-order valence-corrected chi connectivity index (χ1v) is 11.6. The highest BCUT2D eigenvalue weighted by Crippen LogP contribution is 2.65. The second kappa shape index (κ2) is 7.18. The van der Waals surface area contributed by atoms with Crippen molar-refractivity contribution in [3.63, 3.8) is 0 Å². The van der Waals surface area contributed by atoms with Crippen molar-refractivity contribution in [2.45, 2.75) is 78.2 Å². The molecule has 2 amide bonds. The lowest BCUT2D eigenvalue weighted by Gasteiger charge is -2.60. The van der Waals surface area contributed by atoms with Gasteiger partial charge >= 0.3 is 0 Å². The van der Waals surface area contributed by atoms with E-state index < -0.39 is 0 Å². The molecule has 0 aromatic heterocycles. The molecular weight excluding hydrogens is 348 g/mol. The molecule has 28 heavy (non-hydrogen) atoms. The van der Waals surface area contributed by atoms with Crippen LogP contribution >= 0.6 is 0 Å². The maximum atomic E-state index is 12.9. The summed E-state index contributed by atoms with van der Waals surface area (Å²) in [6.07, 6.45) is 13.1. The Hall–Kier alpha value is -1.32. The summed E-state index contributed by atoms with van der Waals surface area (Å²) in [6, 6.07) is 0.338. The van der Waals surface area contributed by atoms with Gasteiger partial charge < -0.3 is 10.2 Å². The summed E-state index contributed by atoms with van der Waals surface area (Å²) in [7, 11) is 1.98. The first-order valence-electron chi connectivity index (χ1n) is 11.6. The first-order chi connectivity index (χ1) is 13.3. The Kier molecular flexibility index (Phi) is 5.12. The number of carbonyl (C=O) groups is 2. The smallest absolute Gasteiger partial charge is 0.246 e. The number of nitrogens with one attached hydrogen (secondary N) is 1. The maximum Gasteiger partial charge on any atom is 0.246 e. The van der Waals surface area contributed by atoms with Gasteiger partial charge in [0.05, 0.1) is 0 Å². The molecule has 4 aliphatic rings. The van der Waals surface area contributed by atoms with Gasteiger partial charge in [0.25, 0.3) is 0 Å². The van der Waals surface area contributed by atoms with Gasteiger partial charge in [0.2, 0.25) is 11.8 Å². The zero-order valence-corrected chi connectivity index (χ0v) is 18.2. The highest BCUT2D eigenvalue weighted by Gasteiger charge is 2.61. The van der Waals surface area contributed by atoms with Crippen LogP contribution in [0.1, 0.15) is 72.1 Å². The molecule has 0 aromatic rings. The minimum absolute atomic E-state index is 0.0916. The van der Waals surface area contributed by atoms with E-state index in [4.69, 9.17) is 0 Å². The predicted octanol–water partition coefficient (Wildman–Crippen LogP) is 4.16. The molecule has 1 aliphatic heterocycles. The molecule has 0 bridgehead atoms. The average molecular weight is 387 g/mol. The zero-order chi connectivity index (χ0) is 20.1. The van der Waals surface area contributed by atoms with E-state index in [2.05, 4.69) is 32.2 Å². The SMILES string of the molecule is CCCCNC(=O)C1CC[C@H]2[C@@H]3CCC4N(C)C(=O)C=C[C@]4(C)[C@@H]3CC[C@]12C. The van der Waals surface area contributed by atoms with Gasteiger partial charge in [0.1, 0.15) is 0 Å². The lowest BCUT2D eigenvalue weighted by molar-refractivity contribution is -0.142. The highest BCUT2D eigenvalue weighted by atomic mass is 16.2. The molecule has 7 atom stereocenters. The van der Waals surface area contributed by atoms with Crippen LogP contribution in [-0.4, -0.2) is 36.3 Å². The minimum atomic E-state index is 0.0916. The van der Waals surface area contributed by atoms with Gasteiger partial charge in [-0.05, 0) is 74.2 Å². The number of likely N-dealkylation sites (N-methyl/N-ethyl adjacent to an activating group) is 1. The molecule has 1 heterocycles. The number of nitrogens with zero attached hydrogens (tertiary/aromatic N) is 1. The van der Waals surface area contributed by atoms with E-state index in [1.54, 1.807) is 0 Å². The van der Waals surface area contributed by atoms with Crippen LogP contribution in [0, 0.1) is 34.5 Å². The van der Waals surface area contributed by atoms with Crippen LogP contribution in [-0.2, 0) is 9.59 Å². The van der Waals surface area contributed by atoms with E-state index in [-0.39, 0.29) is 22.7 Å². The van der Waals surface area contributed by atoms with Gasteiger partial charge in [-0.2, -0.15) is 0 Å². The maximum absolute atomic E-state index is 12.9. The third-order valence-electron chi connectivity index (χ3n) is 9.27. The van der Waals surface area contributed by atoms with Crippen LogP contribution in [0.3, 0.4) is 0 Å². The number of fused-ring (bicyclic) bond motifs is 5. The Morgan fingerprint density at radius 3 is 2.71 bits per heavy atom. The van der Waals surface area contributed by atoms with Crippen molar-refractivity contribution >= 4 is 11.8 Å². The van der Waals surface area contributed by atoms with Gasteiger partial charge in [-0.15, -0.1) is 0 Å². The van der Waals surface area contributed by atoms with Gasteiger partial charge in [0.15, 0.2) is 0 Å². The summed E-state index contributed by atoms with van der Waals surface area (Å²) in [5, 5.41) is 3.22. The van der Waals surface area contributed by atoms with Crippen molar-refractivity contribution in [3.05, 3.63) is 12.2 Å². The molecule has 0 radical (unpaired) electrons. The molecule has 4 heteroatoms. The zero-order valence-electron chi connectivity index (χ0n) is 18.2. The normalized spacial score (nSPS) is 44.6. The van der Waals surface area contributed by atoms with Crippen molar-refractivity contribution in [2.24, 2.45) is 34.5 Å². The quantitative estimate of drug-likeness (QED) is 0.738. The number of amides is 2. The van der Waals surface area contributed by atoms with Gasteiger partial charge in [-0.25, -0.2) is 0 Å². The minimum Gasteiger partial charge on any atom is -0.356 e. The molecule has 0 saturated heterocycles. The van der Waals surface area contributed by atoms with Crippen molar-refractivity contribution in [2.75, 3.05) is 13.6 Å². The number of hydrogen-bond donors (Lipinski definition) is 1. The molecule has 4 rings (SSSR count). The number of rotatable bonds is 4. The summed E-state index contributed by atoms with van der Waals surface area (Å²) in [5.74, 6) is 2.64. The average Bonchev–Trinajstić information content (AvgIpc) is 3.02. The summed E-state index contributed by atoms with van der Waals surface area (Å²) in [5.41, 5.74) is 0.245. The van der Waals surface area contributed by atoms with E-state index in [1.807, 2.05) is 18.0 Å². The Bertz CT molecular complexity index is 674. The second-order valence-electron chi connectivity index (χ2n) is 10.4. The molecule has 3 saturated carbocycles. The van der Waals surface area contributed by atoms with Gasteiger partial charge in [-0.1, -0.05) is 33.3 Å². The summed E-state index contributed by atoms with van der Waals surface area (Å²) in [4.78, 5) is 27.1. The van der Waals surface area contributed by atoms with E-state index in [0.29, 0.717) is 29.7 Å². The van der Waals surface area contributed by atoms with E-state index in [1.165, 1.54) is 19.3 Å². The van der Waals surface area contributed by atoms with Gasteiger partial charge in [-0.3, -0.25) is 9.59 Å². The van der Waals surface area contributed by atoms with Crippen LogP contribution in [0.25, 0.3) is 0 Å². The summed E-state index contributed by atoms with van der Waals surface area (Å²) in [6.45, 7) is 7.79.